The van der Waals surface area contributed by atoms with Gasteiger partial charge in [0.1, 0.15) is 15.9 Å². The number of hydrogen-bond donors (Lipinski definition) is 1. The summed E-state index contributed by atoms with van der Waals surface area (Å²) in [5.41, 5.74) is 0.346. The molecule has 0 aliphatic rings. The Morgan fingerprint density at radius 2 is 2.33 bits per heavy atom. The summed E-state index contributed by atoms with van der Waals surface area (Å²) in [6.07, 6.45) is 2.55. The third-order valence-electron chi connectivity index (χ3n) is 1.61. The Balaban J connectivity index is 2.63. The fourth-order valence-electron chi connectivity index (χ4n) is 0.907. The highest BCUT2D eigenvalue weighted by atomic mass is 32.2. The van der Waals surface area contributed by atoms with Gasteiger partial charge in [0.25, 0.3) is 0 Å². The molecule has 0 atom stereocenters. The van der Waals surface area contributed by atoms with E-state index in [-0.39, 0.29) is 12.3 Å². The number of rotatable bonds is 4. The zero-order chi connectivity index (χ0) is 11.3. The van der Waals surface area contributed by atoms with Gasteiger partial charge < -0.3 is 5.32 Å². The largest absolute Gasteiger partial charge is 0.366 e. The molecule has 0 saturated carbocycles. The molecule has 0 aliphatic heterocycles. The van der Waals surface area contributed by atoms with Gasteiger partial charge in [-0.05, 0) is 6.07 Å². The van der Waals surface area contributed by atoms with E-state index in [1.165, 1.54) is 12.3 Å². The summed E-state index contributed by atoms with van der Waals surface area (Å²) in [7, 11) is -3.01. The third kappa shape index (κ3) is 3.91. The molecule has 0 aromatic carbocycles. The van der Waals surface area contributed by atoms with Gasteiger partial charge in [-0.1, -0.05) is 0 Å². The molecule has 1 rings (SSSR count). The molecule has 0 radical (unpaired) electrons. The zero-order valence-corrected chi connectivity index (χ0v) is 8.95. The highest BCUT2D eigenvalue weighted by Gasteiger charge is 2.05. The summed E-state index contributed by atoms with van der Waals surface area (Å²) in [4.78, 5) is 0. The maximum Gasteiger partial charge on any atom is 0.166 e. The highest BCUT2D eigenvalue weighted by molar-refractivity contribution is 7.90. The van der Waals surface area contributed by atoms with Gasteiger partial charge >= 0.3 is 0 Å². The average molecular weight is 226 g/mol. The van der Waals surface area contributed by atoms with E-state index in [1.807, 2.05) is 6.07 Å². The normalized spacial score (nSPS) is 10.7. The van der Waals surface area contributed by atoms with Gasteiger partial charge in [0, 0.05) is 12.8 Å². The molecule has 1 aromatic heterocycles. The van der Waals surface area contributed by atoms with Crippen molar-refractivity contribution in [3.05, 3.63) is 17.8 Å². The van der Waals surface area contributed by atoms with Crippen molar-refractivity contribution in [2.24, 2.45) is 0 Å². The maximum absolute atomic E-state index is 10.8. The standard InChI is InChI=1S/C8H10N4O2S/c1-15(13,14)5-4-10-8-7(6-9)2-3-11-12-8/h2-3H,4-5H2,1H3,(H,10,12). The minimum Gasteiger partial charge on any atom is -0.366 e. The minimum absolute atomic E-state index is 0.00551. The second-order valence-electron chi connectivity index (χ2n) is 2.96. The molecule has 1 heterocycles. The van der Waals surface area contributed by atoms with Crippen molar-refractivity contribution < 1.29 is 8.42 Å². The van der Waals surface area contributed by atoms with Gasteiger partial charge in [0.05, 0.1) is 17.5 Å². The molecule has 0 fully saturated rings. The molecular weight excluding hydrogens is 216 g/mol. The molecule has 0 spiro atoms. The summed E-state index contributed by atoms with van der Waals surface area (Å²) in [5, 5.41) is 18.7. The van der Waals surface area contributed by atoms with E-state index in [9.17, 15) is 8.42 Å². The van der Waals surface area contributed by atoms with Crippen LogP contribution in [0.1, 0.15) is 5.56 Å². The fourth-order valence-corrected chi connectivity index (χ4v) is 1.38. The van der Waals surface area contributed by atoms with Crippen LogP contribution >= 0.6 is 0 Å². The average Bonchev–Trinajstić information content (AvgIpc) is 2.16. The number of nitriles is 1. The Labute approximate surface area is 87.9 Å². The first kappa shape index (κ1) is 11.4. The topological polar surface area (TPSA) is 95.7 Å². The lowest BCUT2D eigenvalue weighted by molar-refractivity contribution is 0.602. The fraction of sp³-hybridized carbons (Fsp3) is 0.375. The predicted molar refractivity (Wildman–Crippen MR) is 54.9 cm³/mol. The lowest BCUT2D eigenvalue weighted by Gasteiger charge is -2.04. The monoisotopic (exact) mass is 226 g/mol. The number of nitrogens with zero attached hydrogens (tertiary/aromatic N) is 3. The summed E-state index contributed by atoms with van der Waals surface area (Å²) >= 11 is 0. The van der Waals surface area contributed by atoms with Crippen molar-refractivity contribution in [1.82, 2.24) is 10.2 Å². The third-order valence-corrected chi connectivity index (χ3v) is 2.55. The molecule has 1 N–H and O–H groups in total. The van der Waals surface area contributed by atoms with Crippen LogP contribution in [0.4, 0.5) is 5.82 Å². The van der Waals surface area contributed by atoms with Crippen molar-refractivity contribution in [2.45, 2.75) is 0 Å². The van der Waals surface area contributed by atoms with Crippen molar-refractivity contribution in [2.75, 3.05) is 23.9 Å². The van der Waals surface area contributed by atoms with Gasteiger partial charge in [0.2, 0.25) is 0 Å². The molecular formula is C8H10N4O2S. The highest BCUT2D eigenvalue weighted by Crippen LogP contribution is 2.07. The molecule has 0 aliphatic carbocycles. The Morgan fingerprint density at radius 1 is 1.60 bits per heavy atom. The Kier molecular flexibility index (Phi) is 3.57. The van der Waals surface area contributed by atoms with Crippen LogP contribution in [0, 0.1) is 11.3 Å². The molecule has 15 heavy (non-hydrogen) atoms. The number of anilines is 1. The maximum atomic E-state index is 10.8. The van der Waals surface area contributed by atoms with E-state index in [0.29, 0.717) is 11.4 Å². The molecule has 0 amide bonds. The van der Waals surface area contributed by atoms with Crippen LogP contribution in [0.15, 0.2) is 12.3 Å². The van der Waals surface area contributed by atoms with E-state index >= 15 is 0 Å². The Morgan fingerprint density at radius 3 is 2.93 bits per heavy atom. The van der Waals surface area contributed by atoms with Crippen LogP contribution < -0.4 is 5.32 Å². The van der Waals surface area contributed by atoms with E-state index < -0.39 is 9.84 Å². The Bertz CT molecular complexity index is 478. The molecule has 80 valence electrons. The van der Waals surface area contributed by atoms with Crippen molar-refractivity contribution in [1.29, 1.82) is 5.26 Å². The number of nitrogens with one attached hydrogen (secondary N) is 1. The summed E-state index contributed by atoms with van der Waals surface area (Å²) in [5.74, 6) is 0.303. The molecule has 6 nitrogen and oxygen atoms in total. The summed E-state index contributed by atoms with van der Waals surface area (Å²) < 4.78 is 21.7. The Hall–Kier alpha value is -1.68. The van der Waals surface area contributed by atoms with E-state index in [1.54, 1.807) is 0 Å². The van der Waals surface area contributed by atoms with Gasteiger partial charge in [-0.2, -0.15) is 10.4 Å². The van der Waals surface area contributed by atoms with Crippen molar-refractivity contribution >= 4 is 15.7 Å². The second kappa shape index (κ2) is 4.70. The first-order chi connectivity index (χ1) is 7.03. The first-order valence-corrected chi connectivity index (χ1v) is 6.22. The molecule has 0 unspecified atom stereocenters. The second-order valence-corrected chi connectivity index (χ2v) is 5.22. The molecule has 1 aromatic rings. The summed E-state index contributed by atoms with van der Waals surface area (Å²) in [6, 6.07) is 3.44. The van der Waals surface area contributed by atoms with Gasteiger partial charge in [-0.3, -0.25) is 0 Å². The molecule has 0 saturated heterocycles. The SMILES string of the molecule is CS(=O)(=O)CCNc1nnccc1C#N. The van der Waals surface area contributed by atoms with Crippen LogP contribution in [0.3, 0.4) is 0 Å². The number of aromatic nitrogens is 2. The van der Waals surface area contributed by atoms with Crippen LogP contribution in [-0.2, 0) is 9.84 Å². The van der Waals surface area contributed by atoms with Crippen LogP contribution in [0.5, 0.6) is 0 Å². The van der Waals surface area contributed by atoms with Crippen molar-refractivity contribution in [3.63, 3.8) is 0 Å². The lowest BCUT2D eigenvalue weighted by Crippen LogP contribution is -2.15. The predicted octanol–water partition coefficient (Wildman–Crippen LogP) is -0.195. The first-order valence-electron chi connectivity index (χ1n) is 4.16. The van der Waals surface area contributed by atoms with E-state index in [0.717, 1.165) is 6.26 Å². The van der Waals surface area contributed by atoms with Crippen LogP contribution in [0.25, 0.3) is 0 Å². The van der Waals surface area contributed by atoms with Crippen molar-refractivity contribution in [3.8, 4) is 6.07 Å². The van der Waals surface area contributed by atoms with Gasteiger partial charge in [-0.15, -0.1) is 5.10 Å². The zero-order valence-electron chi connectivity index (χ0n) is 8.14. The smallest absolute Gasteiger partial charge is 0.166 e. The van der Waals surface area contributed by atoms with Crippen LogP contribution in [0.2, 0.25) is 0 Å². The van der Waals surface area contributed by atoms with Crippen LogP contribution in [-0.4, -0.2) is 37.2 Å². The van der Waals surface area contributed by atoms with Gasteiger partial charge in [-0.25, -0.2) is 8.42 Å². The number of sulfone groups is 1. The molecule has 0 bridgehead atoms. The summed E-state index contributed by atoms with van der Waals surface area (Å²) in [6.45, 7) is 0.214. The van der Waals surface area contributed by atoms with E-state index in [2.05, 4.69) is 15.5 Å². The lowest BCUT2D eigenvalue weighted by atomic mass is 10.3. The number of hydrogen-bond acceptors (Lipinski definition) is 6. The van der Waals surface area contributed by atoms with E-state index in [4.69, 9.17) is 5.26 Å². The quantitative estimate of drug-likeness (QED) is 0.764. The minimum atomic E-state index is -3.01. The molecule has 7 heteroatoms. The van der Waals surface area contributed by atoms with Gasteiger partial charge in [0.15, 0.2) is 5.82 Å².